The second kappa shape index (κ2) is 9.95. The summed E-state index contributed by atoms with van der Waals surface area (Å²) >= 11 is 0. The predicted octanol–water partition coefficient (Wildman–Crippen LogP) is 10.1. The third-order valence-electron chi connectivity index (χ3n) is 10.1. The molecule has 0 bridgehead atoms. The Morgan fingerprint density at radius 3 is 1.92 bits per heavy atom. The van der Waals surface area contributed by atoms with Gasteiger partial charge in [-0.2, -0.15) is 5.26 Å². The molecular weight excluding hydrogens is 635 g/mol. The summed E-state index contributed by atoms with van der Waals surface area (Å²) in [7, 11) is -1.37. The molecule has 232 valence electrons. The van der Waals surface area contributed by atoms with E-state index in [0.29, 0.717) is 15.4 Å². The predicted molar refractivity (Wildman–Crippen MR) is 202 cm³/mol. The number of fused-ring (bicyclic) bond motifs is 8. The summed E-state index contributed by atoms with van der Waals surface area (Å²) in [6.07, 6.45) is 0. The molecule has 0 fully saturated rings. The summed E-state index contributed by atoms with van der Waals surface area (Å²) in [5, 5.41) is 16.2. The van der Waals surface area contributed by atoms with Crippen molar-refractivity contribution in [3.8, 4) is 11.8 Å². The van der Waals surface area contributed by atoms with Gasteiger partial charge in [-0.3, -0.25) is 0 Å². The average Bonchev–Trinajstić information content (AvgIpc) is 3.65. The molecule has 11 rings (SSSR count). The third kappa shape index (κ3) is 3.63. The molecule has 0 saturated heterocycles. The van der Waals surface area contributed by atoms with Crippen LogP contribution in [0.4, 0.5) is 0 Å². The molecule has 0 spiro atoms. The van der Waals surface area contributed by atoms with Crippen molar-refractivity contribution in [3.05, 3.63) is 145 Å². The lowest BCUT2D eigenvalue weighted by molar-refractivity contribution is 0.683. The Kier molecular flexibility index (Phi) is 5.44. The van der Waals surface area contributed by atoms with Crippen LogP contribution in [0.1, 0.15) is 5.56 Å². The highest BCUT2D eigenvalue weighted by Crippen LogP contribution is 2.45. The molecule has 11 aromatic rings. The minimum absolute atomic E-state index is 0.547. The Labute approximate surface area is 286 Å². The summed E-state index contributed by atoms with van der Waals surface area (Å²) < 4.78 is 18.2. The monoisotopic (exact) mass is 657 g/mol. The molecule has 4 aromatic heterocycles. The zero-order valence-electron chi connectivity index (χ0n) is 26.3. The molecule has 50 heavy (non-hydrogen) atoms. The summed E-state index contributed by atoms with van der Waals surface area (Å²) in [6.45, 7) is 0. The van der Waals surface area contributed by atoms with Crippen molar-refractivity contribution in [1.82, 2.24) is 18.9 Å². The lowest BCUT2D eigenvalue weighted by Gasteiger charge is -2.10. The molecule has 6 nitrogen and oxygen atoms in total. The van der Waals surface area contributed by atoms with E-state index in [1.807, 2.05) is 36.4 Å². The van der Waals surface area contributed by atoms with Crippen LogP contribution in [0.15, 0.2) is 149 Å². The van der Waals surface area contributed by atoms with E-state index in [2.05, 4.69) is 93.9 Å². The standard InChI is InChI=1S/C43H23N5OS/c44-24-25-12-16-27(17-13-25)50(49)28-18-14-26(15-19-28)47-38-11-5-7-30-32-22-35-36(46-34-9-3-2-8-33(34)45-35)23-40(32)48-37-10-4-1-6-29(37)31-20-21-39(47)42(41(30)38)43(31)48/h1-23H. The summed E-state index contributed by atoms with van der Waals surface area (Å²) in [5.74, 6) is 0. The summed E-state index contributed by atoms with van der Waals surface area (Å²) in [5.41, 5.74) is 10.6. The van der Waals surface area contributed by atoms with Crippen LogP contribution in [0.3, 0.4) is 0 Å². The number of para-hydroxylation sites is 3. The molecule has 4 heterocycles. The zero-order chi connectivity index (χ0) is 33.1. The number of nitrogens with zero attached hydrogens (tertiary/aromatic N) is 5. The van der Waals surface area contributed by atoms with Crippen molar-refractivity contribution in [1.29, 1.82) is 5.26 Å². The first-order valence-corrected chi connectivity index (χ1v) is 17.5. The average molecular weight is 658 g/mol. The van der Waals surface area contributed by atoms with Gasteiger partial charge in [0, 0.05) is 42.4 Å². The van der Waals surface area contributed by atoms with E-state index >= 15 is 0 Å². The normalized spacial score (nSPS) is 12.8. The number of nitriles is 1. The Morgan fingerprint density at radius 1 is 0.520 bits per heavy atom. The largest absolute Gasteiger partial charge is 0.309 e. The van der Waals surface area contributed by atoms with Gasteiger partial charge in [-0.05, 0) is 96.4 Å². The fourth-order valence-electron chi connectivity index (χ4n) is 7.92. The van der Waals surface area contributed by atoms with Gasteiger partial charge in [0.1, 0.15) is 0 Å². The van der Waals surface area contributed by atoms with Gasteiger partial charge in [0.2, 0.25) is 0 Å². The SMILES string of the molecule is N#Cc1ccc(S(=O)c2ccc(-n3c4cccc5c6cc7nc8ccccc8nc7cc6n6c7ccccc7c7ccc3c(c54)c76)cc2)cc1. The molecule has 0 saturated carbocycles. The smallest absolute Gasteiger partial charge is 0.0991 e. The third-order valence-corrected chi connectivity index (χ3v) is 11.5. The fourth-order valence-corrected chi connectivity index (χ4v) is 8.96. The highest BCUT2D eigenvalue weighted by Gasteiger charge is 2.23. The van der Waals surface area contributed by atoms with Crippen LogP contribution in [0, 0.1) is 11.3 Å². The van der Waals surface area contributed by atoms with Gasteiger partial charge in [0.15, 0.2) is 0 Å². The van der Waals surface area contributed by atoms with Gasteiger partial charge in [0.05, 0.1) is 72.1 Å². The lowest BCUT2D eigenvalue weighted by atomic mass is 10.0. The lowest BCUT2D eigenvalue weighted by Crippen LogP contribution is -1.97. The van der Waals surface area contributed by atoms with Crippen LogP contribution in [-0.4, -0.2) is 23.1 Å². The van der Waals surface area contributed by atoms with Gasteiger partial charge in [-0.15, -0.1) is 0 Å². The van der Waals surface area contributed by atoms with Crippen LogP contribution >= 0.6 is 0 Å². The second-order valence-electron chi connectivity index (χ2n) is 12.7. The van der Waals surface area contributed by atoms with Crippen molar-refractivity contribution in [2.75, 3.05) is 0 Å². The van der Waals surface area contributed by atoms with E-state index in [1.54, 1.807) is 24.3 Å². The Balaban J connectivity index is 1.24. The van der Waals surface area contributed by atoms with Crippen LogP contribution in [-0.2, 0) is 10.8 Å². The molecule has 0 aliphatic carbocycles. The minimum atomic E-state index is -1.37. The van der Waals surface area contributed by atoms with Crippen LogP contribution < -0.4 is 0 Å². The van der Waals surface area contributed by atoms with E-state index in [4.69, 9.17) is 9.97 Å². The maximum atomic E-state index is 13.5. The maximum absolute atomic E-state index is 13.5. The summed E-state index contributed by atoms with van der Waals surface area (Å²) in [4.78, 5) is 11.5. The van der Waals surface area contributed by atoms with Gasteiger partial charge < -0.3 is 8.97 Å². The van der Waals surface area contributed by atoms with E-state index in [9.17, 15) is 9.47 Å². The van der Waals surface area contributed by atoms with Crippen LogP contribution in [0.5, 0.6) is 0 Å². The van der Waals surface area contributed by atoms with E-state index in [0.717, 1.165) is 60.6 Å². The molecule has 7 heteroatoms. The molecule has 7 aromatic carbocycles. The zero-order valence-corrected chi connectivity index (χ0v) is 27.1. The van der Waals surface area contributed by atoms with Crippen molar-refractivity contribution >= 4 is 92.8 Å². The summed E-state index contributed by atoms with van der Waals surface area (Å²) in [6, 6.07) is 49.2. The Bertz CT molecular complexity index is 3280. The van der Waals surface area contributed by atoms with Gasteiger partial charge in [-0.25, -0.2) is 14.2 Å². The number of hydrogen-bond acceptors (Lipinski definition) is 4. The molecule has 0 N–H and O–H groups in total. The van der Waals surface area contributed by atoms with Crippen molar-refractivity contribution in [3.63, 3.8) is 0 Å². The number of rotatable bonds is 3. The van der Waals surface area contributed by atoms with Crippen molar-refractivity contribution in [2.45, 2.75) is 9.79 Å². The molecule has 0 amide bonds. The molecule has 1 unspecified atom stereocenters. The van der Waals surface area contributed by atoms with Gasteiger partial charge >= 0.3 is 0 Å². The quantitative estimate of drug-likeness (QED) is 0.177. The highest BCUT2D eigenvalue weighted by atomic mass is 32.2. The highest BCUT2D eigenvalue weighted by molar-refractivity contribution is 7.85. The van der Waals surface area contributed by atoms with Gasteiger partial charge in [0.25, 0.3) is 0 Å². The minimum Gasteiger partial charge on any atom is -0.309 e. The fraction of sp³-hybridized carbons (Fsp3) is 0. The van der Waals surface area contributed by atoms with Crippen molar-refractivity contribution < 1.29 is 4.21 Å². The first-order valence-electron chi connectivity index (χ1n) is 16.4. The Hall–Kier alpha value is -6.62. The molecule has 0 aliphatic rings. The maximum Gasteiger partial charge on any atom is 0.0991 e. The molecular formula is C43H23N5OS. The first kappa shape index (κ1) is 27.3. The van der Waals surface area contributed by atoms with Crippen LogP contribution in [0.25, 0.3) is 87.7 Å². The molecule has 0 aliphatic heterocycles. The second-order valence-corrected chi connectivity index (χ2v) is 14.2. The topological polar surface area (TPSA) is 76.0 Å². The number of hydrogen-bond donors (Lipinski definition) is 0. The van der Waals surface area contributed by atoms with Gasteiger partial charge in [-0.1, -0.05) is 48.5 Å². The number of benzene rings is 7. The first-order chi connectivity index (χ1) is 24.7. The molecule has 0 radical (unpaired) electrons. The van der Waals surface area contributed by atoms with E-state index in [1.165, 1.54) is 27.1 Å². The van der Waals surface area contributed by atoms with Crippen LogP contribution in [0.2, 0.25) is 0 Å². The Morgan fingerprint density at radius 2 is 1.16 bits per heavy atom. The number of aromatic nitrogens is 4. The molecule has 1 atom stereocenters. The van der Waals surface area contributed by atoms with E-state index in [-0.39, 0.29) is 0 Å². The van der Waals surface area contributed by atoms with E-state index < -0.39 is 10.8 Å². The van der Waals surface area contributed by atoms with Crippen molar-refractivity contribution in [2.24, 2.45) is 0 Å².